The SMILES string of the molecule is CC(=O)NC[C@@H]1CCC2(CCN(Cc3cc(C)cc(C)c3)CC2)O1. The predicted octanol–water partition coefficient (Wildman–Crippen LogP) is 2.95. The molecular weight excluding hydrogens is 300 g/mol. The average Bonchev–Trinajstić information content (AvgIpc) is 2.90. The fourth-order valence-corrected chi connectivity index (χ4v) is 4.20. The summed E-state index contributed by atoms with van der Waals surface area (Å²) in [4.78, 5) is 13.6. The molecule has 0 radical (unpaired) electrons. The molecule has 0 aliphatic carbocycles. The number of rotatable bonds is 4. The molecule has 0 aromatic heterocycles. The Morgan fingerprint density at radius 2 is 1.88 bits per heavy atom. The van der Waals surface area contributed by atoms with Crippen LogP contribution in [0, 0.1) is 13.8 Å². The Kier molecular flexibility index (Phi) is 5.26. The van der Waals surface area contributed by atoms with E-state index in [0.29, 0.717) is 6.54 Å². The van der Waals surface area contributed by atoms with Gasteiger partial charge in [0, 0.05) is 33.1 Å². The lowest BCUT2D eigenvalue weighted by molar-refractivity contribution is -0.120. The Morgan fingerprint density at radius 3 is 2.50 bits per heavy atom. The highest BCUT2D eigenvalue weighted by Gasteiger charge is 2.42. The first kappa shape index (κ1) is 17.4. The minimum atomic E-state index is 0.0304. The molecule has 4 nitrogen and oxygen atoms in total. The first-order valence-corrected chi connectivity index (χ1v) is 9.16. The highest BCUT2D eigenvalue weighted by molar-refractivity contribution is 5.72. The predicted molar refractivity (Wildman–Crippen MR) is 95.9 cm³/mol. The van der Waals surface area contributed by atoms with Crippen molar-refractivity contribution in [2.75, 3.05) is 19.6 Å². The molecule has 2 aliphatic rings. The average molecular weight is 330 g/mol. The van der Waals surface area contributed by atoms with Crippen LogP contribution in [0.5, 0.6) is 0 Å². The smallest absolute Gasteiger partial charge is 0.216 e. The van der Waals surface area contributed by atoms with Gasteiger partial charge in [0.25, 0.3) is 0 Å². The maximum absolute atomic E-state index is 11.1. The second kappa shape index (κ2) is 7.24. The molecule has 3 rings (SSSR count). The third-order valence-electron chi connectivity index (χ3n) is 5.37. The van der Waals surface area contributed by atoms with Gasteiger partial charge < -0.3 is 10.1 Å². The van der Waals surface area contributed by atoms with Gasteiger partial charge in [-0.15, -0.1) is 0 Å². The summed E-state index contributed by atoms with van der Waals surface area (Å²) in [5, 5.41) is 2.89. The van der Waals surface area contributed by atoms with Crippen molar-refractivity contribution in [3.8, 4) is 0 Å². The second-order valence-corrected chi connectivity index (χ2v) is 7.67. The van der Waals surface area contributed by atoms with Crippen molar-refractivity contribution in [3.63, 3.8) is 0 Å². The van der Waals surface area contributed by atoms with Crippen molar-refractivity contribution in [1.82, 2.24) is 10.2 Å². The summed E-state index contributed by atoms with van der Waals surface area (Å²) < 4.78 is 6.34. The third kappa shape index (κ3) is 4.37. The summed E-state index contributed by atoms with van der Waals surface area (Å²) in [5.74, 6) is 0.0304. The quantitative estimate of drug-likeness (QED) is 0.923. The van der Waals surface area contributed by atoms with E-state index in [1.807, 2.05) is 0 Å². The number of ether oxygens (including phenoxy) is 1. The number of likely N-dealkylation sites (tertiary alicyclic amines) is 1. The van der Waals surface area contributed by atoms with Crippen LogP contribution >= 0.6 is 0 Å². The van der Waals surface area contributed by atoms with Gasteiger partial charge in [0.05, 0.1) is 11.7 Å². The van der Waals surface area contributed by atoms with Gasteiger partial charge in [-0.1, -0.05) is 29.3 Å². The number of hydrogen-bond donors (Lipinski definition) is 1. The molecule has 0 saturated carbocycles. The van der Waals surface area contributed by atoms with Gasteiger partial charge in [-0.25, -0.2) is 0 Å². The van der Waals surface area contributed by atoms with Gasteiger partial charge in [0.15, 0.2) is 0 Å². The number of piperidine rings is 1. The van der Waals surface area contributed by atoms with Crippen molar-refractivity contribution < 1.29 is 9.53 Å². The highest BCUT2D eigenvalue weighted by atomic mass is 16.5. The zero-order chi connectivity index (χ0) is 17.2. The van der Waals surface area contributed by atoms with Crippen LogP contribution in [0.15, 0.2) is 18.2 Å². The lowest BCUT2D eigenvalue weighted by atomic mass is 9.88. The number of amides is 1. The topological polar surface area (TPSA) is 41.6 Å². The maximum Gasteiger partial charge on any atom is 0.216 e. The van der Waals surface area contributed by atoms with Gasteiger partial charge in [-0.05, 0) is 45.1 Å². The normalized spacial score (nSPS) is 23.5. The van der Waals surface area contributed by atoms with Gasteiger partial charge >= 0.3 is 0 Å². The van der Waals surface area contributed by atoms with Crippen LogP contribution in [0.1, 0.15) is 49.3 Å². The number of carbonyl (C=O) groups is 1. The molecule has 1 spiro atoms. The van der Waals surface area contributed by atoms with Crippen LogP contribution in [-0.2, 0) is 16.1 Å². The fourth-order valence-electron chi connectivity index (χ4n) is 4.20. The van der Waals surface area contributed by atoms with Crippen LogP contribution < -0.4 is 5.32 Å². The van der Waals surface area contributed by atoms with E-state index in [2.05, 4.69) is 42.3 Å². The number of carbonyl (C=O) groups excluding carboxylic acids is 1. The van der Waals surface area contributed by atoms with Crippen LogP contribution in [-0.4, -0.2) is 42.1 Å². The number of benzene rings is 1. The third-order valence-corrected chi connectivity index (χ3v) is 5.37. The van der Waals surface area contributed by atoms with Crippen LogP contribution in [0.2, 0.25) is 0 Å². The maximum atomic E-state index is 11.1. The number of hydrogen-bond acceptors (Lipinski definition) is 3. The van der Waals surface area contributed by atoms with E-state index in [1.165, 1.54) is 16.7 Å². The molecule has 1 atom stereocenters. The molecule has 1 N–H and O–H groups in total. The molecule has 2 fully saturated rings. The van der Waals surface area contributed by atoms with Crippen molar-refractivity contribution in [1.29, 1.82) is 0 Å². The molecular formula is C20H30N2O2. The molecule has 24 heavy (non-hydrogen) atoms. The van der Waals surface area contributed by atoms with E-state index < -0.39 is 0 Å². The van der Waals surface area contributed by atoms with Crippen LogP contribution in [0.25, 0.3) is 0 Å². The minimum absolute atomic E-state index is 0.0304. The Morgan fingerprint density at radius 1 is 1.21 bits per heavy atom. The van der Waals surface area contributed by atoms with E-state index in [-0.39, 0.29) is 17.6 Å². The van der Waals surface area contributed by atoms with E-state index in [0.717, 1.165) is 45.3 Å². The molecule has 2 heterocycles. The minimum Gasteiger partial charge on any atom is -0.370 e. The number of nitrogens with zero attached hydrogens (tertiary/aromatic N) is 1. The summed E-state index contributed by atoms with van der Waals surface area (Å²) in [6, 6.07) is 6.83. The Balaban J connectivity index is 1.50. The van der Waals surface area contributed by atoms with Gasteiger partial charge in [0.2, 0.25) is 5.91 Å². The van der Waals surface area contributed by atoms with Gasteiger partial charge in [0.1, 0.15) is 0 Å². The van der Waals surface area contributed by atoms with E-state index >= 15 is 0 Å². The van der Waals surface area contributed by atoms with Gasteiger partial charge in [-0.2, -0.15) is 0 Å². The zero-order valence-electron chi connectivity index (χ0n) is 15.2. The summed E-state index contributed by atoms with van der Waals surface area (Å²) in [6.45, 7) is 9.79. The molecule has 2 saturated heterocycles. The van der Waals surface area contributed by atoms with Gasteiger partial charge in [-0.3, -0.25) is 9.69 Å². The molecule has 0 unspecified atom stereocenters. The molecule has 0 bridgehead atoms. The molecule has 1 amide bonds. The standard InChI is InChI=1S/C20H30N2O2/c1-15-10-16(2)12-18(11-15)14-22-8-6-20(7-9-22)5-4-19(24-20)13-21-17(3)23/h10-12,19H,4-9,13-14H2,1-3H3,(H,21,23)/t19-/m0/s1. The highest BCUT2D eigenvalue weighted by Crippen LogP contribution is 2.39. The van der Waals surface area contributed by atoms with Crippen molar-refractivity contribution in [2.45, 2.75) is 64.7 Å². The first-order valence-electron chi connectivity index (χ1n) is 9.16. The summed E-state index contributed by atoms with van der Waals surface area (Å²) in [7, 11) is 0. The lowest BCUT2D eigenvalue weighted by Gasteiger charge is -2.39. The summed E-state index contributed by atoms with van der Waals surface area (Å²) in [5.41, 5.74) is 4.17. The molecule has 132 valence electrons. The lowest BCUT2D eigenvalue weighted by Crippen LogP contribution is -2.44. The van der Waals surface area contributed by atoms with E-state index in [9.17, 15) is 4.79 Å². The first-order chi connectivity index (χ1) is 11.4. The Hall–Kier alpha value is -1.39. The monoisotopic (exact) mass is 330 g/mol. The van der Waals surface area contributed by atoms with Crippen molar-refractivity contribution in [3.05, 3.63) is 34.9 Å². The Bertz CT molecular complexity index is 571. The van der Waals surface area contributed by atoms with Crippen LogP contribution in [0.4, 0.5) is 0 Å². The number of nitrogens with one attached hydrogen (secondary N) is 1. The zero-order valence-corrected chi connectivity index (χ0v) is 15.2. The second-order valence-electron chi connectivity index (χ2n) is 7.67. The Labute approximate surface area is 145 Å². The number of aryl methyl sites for hydroxylation is 2. The molecule has 4 heteroatoms. The summed E-state index contributed by atoms with van der Waals surface area (Å²) in [6.07, 6.45) is 4.61. The largest absolute Gasteiger partial charge is 0.370 e. The molecule has 1 aromatic carbocycles. The van der Waals surface area contributed by atoms with E-state index in [4.69, 9.17) is 4.74 Å². The van der Waals surface area contributed by atoms with E-state index in [1.54, 1.807) is 6.92 Å². The van der Waals surface area contributed by atoms with Crippen molar-refractivity contribution >= 4 is 5.91 Å². The van der Waals surface area contributed by atoms with Crippen LogP contribution in [0.3, 0.4) is 0 Å². The summed E-state index contributed by atoms with van der Waals surface area (Å²) >= 11 is 0. The fraction of sp³-hybridized carbons (Fsp3) is 0.650. The van der Waals surface area contributed by atoms with Crippen molar-refractivity contribution in [2.24, 2.45) is 0 Å². The molecule has 2 aliphatic heterocycles. The molecule has 1 aromatic rings.